The highest BCUT2D eigenvalue weighted by Gasteiger charge is 2.29. The zero-order valence-electron chi connectivity index (χ0n) is 20.2. The lowest BCUT2D eigenvalue weighted by atomic mass is 9.70. The summed E-state index contributed by atoms with van der Waals surface area (Å²) in [5.74, 6) is 1.19. The number of rotatable bonds is 0. The first-order valence-electron chi connectivity index (χ1n) is 11.0. The Morgan fingerprint density at radius 1 is 0.750 bits per heavy atom. The van der Waals surface area contributed by atoms with Gasteiger partial charge in [0.25, 0.3) is 0 Å². The van der Waals surface area contributed by atoms with Gasteiger partial charge in [-0.05, 0) is 60.1 Å². The van der Waals surface area contributed by atoms with Crippen molar-refractivity contribution < 1.29 is 0 Å². The number of nitrogens with zero attached hydrogens (tertiary/aromatic N) is 2. The minimum atomic E-state index is 0.175. The Balaban J connectivity index is 0. The van der Waals surface area contributed by atoms with Gasteiger partial charge in [-0.3, -0.25) is 0 Å². The maximum Gasteiger partial charge on any atom is 0.0991 e. The monoisotopic (exact) mass is 384 g/mol. The first-order chi connectivity index (χ1) is 13.1. The van der Waals surface area contributed by atoms with E-state index >= 15 is 0 Å². The molecule has 0 amide bonds. The molecular weight excluding hydrogens is 340 g/mol. The van der Waals surface area contributed by atoms with Gasteiger partial charge in [0.15, 0.2) is 0 Å². The summed E-state index contributed by atoms with van der Waals surface area (Å²) in [4.78, 5) is 0. The highest BCUT2D eigenvalue weighted by Crippen LogP contribution is 2.39. The second-order valence-corrected chi connectivity index (χ2v) is 8.98. The van der Waals surface area contributed by atoms with E-state index in [1.165, 1.54) is 18.4 Å². The van der Waals surface area contributed by atoms with Crippen LogP contribution in [-0.2, 0) is 5.41 Å². The van der Waals surface area contributed by atoms with Crippen LogP contribution >= 0.6 is 0 Å². The van der Waals surface area contributed by atoms with E-state index in [1.54, 1.807) is 0 Å². The molecule has 1 aliphatic rings. The summed E-state index contributed by atoms with van der Waals surface area (Å²) < 4.78 is 0. The topological polar surface area (TPSA) is 47.6 Å². The van der Waals surface area contributed by atoms with E-state index < -0.39 is 0 Å². The molecule has 0 spiro atoms. The van der Waals surface area contributed by atoms with Crippen LogP contribution in [0.4, 0.5) is 0 Å². The molecule has 2 heteroatoms. The van der Waals surface area contributed by atoms with Crippen molar-refractivity contribution in [2.45, 2.75) is 100 Å². The number of hydrogen-bond donors (Lipinski definition) is 0. The van der Waals surface area contributed by atoms with Crippen LogP contribution in [-0.4, -0.2) is 0 Å². The maximum atomic E-state index is 8.73. The van der Waals surface area contributed by atoms with Crippen molar-refractivity contribution >= 4 is 0 Å². The summed E-state index contributed by atoms with van der Waals surface area (Å²) in [5.41, 5.74) is 2.61. The third-order valence-electron chi connectivity index (χ3n) is 5.01. The van der Waals surface area contributed by atoms with Crippen LogP contribution in [0.3, 0.4) is 0 Å². The van der Waals surface area contributed by atoms with E-state index in [9.17, 15) is 0 Å². The minimum Gasteiger partial charge on any atom is -0.198 e. The lowest BCUT2D eigenvalue weighted by Crippen LogP contribution is -2.25. The normalized spacial score (nSPS) is 18.4. The van der Waals surface area contributed by atoms with Gasteiger partial charge in [-0.25, -0.2) is 0 Å². The van der Waals surface area contributed by atoms with Gasteiger partial charge >= 0.3 is 0 Å². The van der Waals surface area contributed by atoms with E-state index in [0.29, 0.717) is 11.3 Å². The molecule has 0 bridgehead atoms. The Kier molecular flexibility index (Phi) is 14.4. The minimum absolute atomic E-state index is 0.175. The molecule has 0 heterocycles. The molecule has 158 valence electrons. The Hall–Kier alpha value is -1.80. The molecule has 1 saturated carbocycles. The molecule has 0 saturated heterocycles. The summed E-state index contributed by atoms with van der Waals surface area (Å²) in [5, 5.41) is 17.3. The largest absolute Gasteiger partial charge is 0.198 e. The van der Waals surface area contributed by atoms with E-state index in [0.717, 1.165) is 24.3 Å². The van der Waals surface area contributed by atoms with Crippen molar-refractivity contribution in [3.63, 3.8) is 0 Å². The molecule has 2 nitrogen and oxygen atoms in total. The van der Waals surface area contributed by atoms with Crippen molar-refractivity contribution in [2.24, 2.45) is 17.3 Å². The van der Waals surface area contributed by atoms with Gasteiger partial charge in [0.1, 0.15) is 0 Å². The standard InChI is InChI=1S/C11H19N.C11H13N.2C2H6/c2*1-11(2,3)10-6-4-9(8-12)5-7-10;2*1-2/h9-10H,4-7H2,1-3H3;4-7H,1-3H3;2*1-2H3. The Morgan fingerprint density at radius 2 is 1.18 bits per heavy atom. The molecule has 1 aromatic rings. The summed E-state index contributed by atoms with van der Waals surface area (Å²) in [7, 11) is 0. The zero-order chi connectivity index (χ0) is 22.4. The average Bonchev–Trinajstić information content (AvgIpc) is 2.70. The maximum absolute atomic E-state index is 8.73. The summed E-state index contributed by atoms with van der Waals surface area (Å²) in [6, 6.07) is 12.2. The Bertz CT molecular complexity index is 578. The second-order valence-electron chi connectivity index (χ2n) is 8.98. The Morgan fingerprint density at radius 3 is 1.46 bits per heavy atom. The number of hydrogen-bond acceptors (Lipinski definition) is 2. The molecule has 0 unspecified atom stereocenters. The van der Waals surface area contributed by atoms with Gasteiger partial charge in [-0.2, -0.15) is 10.5 Å². The molecule has 0 N–H and O–H groups in total. The van der Waals surface area contributed by atoms with Gasteiger partial charge in [0.2, 0.25) is 0 Å². The molecule has 0 atom stereocenters. The van der Waals surface area contributed by atoms with Crippen molar-refractivity contribution in [1.29, 1.82) is 10.5 Å². The highest BCUT2D eigenvalue weighted by atomic mass is 14.4. The van der Waals surface area contributed by atoms with E-state index in [4.69, 9.17) is 10.5 Å². The molecule has 28 heavy (non-hydrogen) atoms. The van der Waals surface area contributed by atoms with Crippen LogP contribution in [0, 0.1) is 39.9 Å². The first-order valence-corrected chi connectivity index (χ1v) is 11.0. The molecular formula is C26H44N2. The van der Waals surface area contributed by atoms with Crippen LogP contribution in [0.1, 0.15) is 106 Å². The number of benzene rings is 1. The fourth-order valence-corrected chi connectivity index (χ4v) is 3.13. The molecule has 0 aromatic heterocycles. The van der Waals surface area contributed by atoms with Gasteiger partial charge in [0, 0.05) is 5.92 Å². The summed E-state index contributed by atoms with van der Waals surface area (Å²) >= 11 is 0. The molecule has 0 radical (unpaired) electrons. The molecule has 1 aliphatic carbocycles. The SMILES string of the molecule is CC.CC.CC(C)(C)C1CCC(C#N)CC1.CC(C)(C)c1ccc(C#N)cc1. The van der Waals surface area contributed by atoms with Crippen molar-refractivity contribution in [3.05, 3.63) is 35.4 Å². The summed E-state index contributed by atoms with van der Waals surface area (Å²) in [6.45, 7) is 21.4. The van der Waals surface area contributed by atoms with Crippen LogP contribution in [0.5, 0.6) is 0 Å². The smallest absolute Gasteiger partial charge is 0.0991 e. The van der Waals surface area contributed by atoms with Crippen molar-refractivity contribution in [2.75, 3.05) is 0 Å². The third kappa shape index (κ3) is 11.1. The quantitative estimate of drug-likeness (QED) is 0.452. The summed E-state index contributed by atoms with van der Waals surface area (Å²) in [6.07, 6.45) is 4.75. The molecule has 0 aliphatic heterocycles. The molecule has 2 rings (SSSR count). The molecule has 1 aromatic carbocycles. The average molecular weight is 385 g/mol. The highest BCUT2D eigenvalue weighted by molar-refractivity contribution is 5.34. The van der Waals surface area contributed by atoms with Crippen LogP contribution in [0.25, 0.3) is 0 Å². The fraction of sp³-hybridized carbons (Fsp3) is 0.692. The first kappa shape index (κ1) is 28.4. The van der Waals surface area contributed by atoms with E-state index in [2.05, 4.69) is 53.7 Å². The van der Waals surface area contributed by atoms with Gasteiger partial charge < -0.3 is 0 Å². The van der Waals surface area contributed by atoms with Crippen LogP contribution in [0.15, 0.2) is 24.3 Å². The van der Waals surface area contributed by atoms with Crippen molar-refractivity contribution in [1.82, 2.24) is 0 Å². The van der Waals surface area contributed by atoms with Crippen LogP contribution in [0.2, 0.25) is 0 Å². The lowest BCUT2D eigenvalue weighted by Gasteiger charge is -2.35. The zero-order valence-corrected chi connectivity index (χ0v) is 20.2. The second kappa shape index (κ2) is 14.2. The van der Waals surface area contributed by atoms with E-state index in [-0.39, 0.29) is 5.41 Å². The predicted octanol–water partition coefficient (Wildman–Crippen LogP) is 8.27. The van der Waals surface area contributed by atoms with Crippen molar-refractivity contribution in [3.8, 4) is 12.1 Å². The van der Waals surface area contributed by atoms with Gasteiger partial charge in [-0.1, -0.05) is 81.4 Å². The molecule has 1 fully saturated rings. The third-order valence-corrected chi connectivity index (χ3v) is 5.01. The fourth-order valence-electron chi connectivity index (χ4n) is 3.13. The predicted molar refractivity (Wildman–Crippen MR) is 123 cm³/mol. The van der Waals surface area contributed by atoms with Gasteiger partial charge in [0.05, 0.1) is 17.7 Å². The van der Waals surface area contributed by atoms with E-state index in [1.807, 2.05) is 52.0 Å². The Labute approximate surface area is 176 Å². The number of nitriles is 2. The van der Waals surface area contributed by atoms with Crippen LogP contribution < -0.4 is 0 Å². The lowest BCUT2D eigenvalue weighted by molar-refractivity contribution is 0.164. The van der Waals surface area contributed by atoms with Gasteiger partial charge in [-0.15, -0.1) is 0 Å².